The lowest BCUT2D eigenvalue weighted by atomic mass is 10.3. The third kappa shape index (κ3) is 6.66. The van der Waals surface area contributed by atoms with Gasteiger partial charge in [0, 0.05) is 0 Å². The Hall–Kier alpha value is -2.58. The van der Waals surface area contributed by atoms with Crippen LogP contribution in [0.2, 0.25) is 0 Å². The molecule has 0 saturated heterocycles. The Morgan fingerprint density at radius 1 is 0.947 bits per heavy atom. The Kier molecular flexibility index (Phi) is 7.20. The fraction of sp³-hybridized carbons (Fsp3) is 0.133. The predicted octanol–water partition coefficient (Wildman–Crippen LogP) is 3.05. The highest BCUT2D eigenvalue weighted by atomic mass is 16.5. The summed E-state index contributed by atoms with van der Waals surface area (Å²) in [6, 6.07) is 18.8. The Morgan fingerprint density at radius 3 is 1.89 bits per heavy atom. The number of rotatable bonds is 4. The van der Waals surface area contributed by atoms with E-state index in [0.29, 0.717) is 5.75 Å². The highest BCUT2D eigenvalue weighted by molar-refractivity contribution is 5.32. The molecule has 0 heterocycles. The summed E-state index contributed by atoms with van der Waals surface area (Å²) >= 11 is 0. The molecule has 0 amide bonds. The van der Waals surface area contributed by atoms with Crippen LogP contribution in [0.5, 0.6) is 11.5 Å². The number of hydrogen-bond donors (Lipinski definition) is 0. The van der Waals surface area contributed by atoms with Crippen LogP contribution in [-0.2, 0) is 4.79 Å². The van der Waals surface area contributed by atoms with Gasteiger partial charge in [-0.15, -0.1) is 0 Å². The van der Waals surface area contributed by atoms with Crippen molar-refractivity contribution in [3.05, 3.63) is 60.7 Å². The Bertz CT molecular complexity index is 493. The van der Waals surface area contributed by atoms with Gasteiger partial charge in [-0.25, -0.2) is 4.79 Å². The molecule has 0 atom stereocenters. The van der Waals surface area contributed by atoms with Crippen molar-refractivity contribution in [1.29, 1.82) is 0 Å². The van der Waals surface area contributed by atoms with Gasteiger partial charge in [0.1, 0.15) is 11.5 Å². The second kappa shape index (κ2) is 9.45. The maximum Gasteiger partial charge on any atom is 0.238 e. The van der Waals surface area contributed by atoms with Crippen molar-refractivity contribution in [3.63, 3.8) is 0 Å². The van der Waals surface area contributed by atoms with E-state index < -0.39 is 0 Å². The van der Waals surface area contributed by atoms with Gasteiger partial charge >= 0.3 is 0 Å². The zero-order valence-corrected chi connectivity index (χ0v) is 10.7. The van der Waals surface area contributed by atoms with Crippen LogP contribution in [-0.4, -0.2) is 19.9 Å². The van der Waals surface area contributed by atoms with Crippen LogP contribution in [0.15, 0.2) is 65.7 Å². The molecule has 0 fully saturated rings. The average molecular weight is 257 g/mol. The largest absolute Gasteiger partial charge is 0.497 e. The quantitative estimate of drug-likeness (QED) is 0.624. The molecule has 4 nitrogen and oxygen atoms in total. The molecule has 0 N–H and O–H groups in total. The normalized spacial score (nSPS) is 8.47. The van der Waals surface area contributed by atoms with E-state index in [-0.39, 0.29) is 6.73 Å². The van der Waals surface area contributed by atoms with Crippen LogP contribution < -0.4 is 9.47 Å². The lowest BCUT2D eigenvalue weighted by molar-refractivity contribution is 0.330. The van der Waals surface area contributed by atoms with Gasteiger partial charge in [-0.1, -0.05) is 36.4 Å². The molecule has 0 unspecified atom stereocenters. The number of methoxy groups -OCH3 is 1. The van der Waals surface area contributed by atoms with Gasteiger partial charge in [0.05, 0.1) is 7.11 Å². The van der Waals surface area contributed by atoms with Crippen molar-refractivity contribution in [2.45, 2.75) is 0 Å². The number of para-hydroxylation sites is 2. The zero-order valence-electron chi connectivity index (χ0n) is 10.7. The molecule has 0 aliphatic rings. The van der Waals surface area contributed by atoms with E-state index in [2.05, 4.69) is 4.99 Å². The van der Waals surface area contributed by atoms with Gasteiger partial charge in [0.15, 0.2) is 6.73 Å². The maximum atomic E-state index is 9.62. The van der Waals surface area contributed by atoms with Gasteiger partial charge in [0.2, 0.25) is 6.08 Å². The molecule has 0 spiro atoms. The summed E-state index contributed by atoms with van der Waals surface area (Å²) < 4.78 is 9.93. The monoisotopic (exact) mass is 257 g/mol. The molecule has 0 bridgehead atoms. The first-order chi connectivity index (χ1) is 9.36. The first kappa shape index (κ1) is 14.5. The van der Waals surface area contributed by atoms with E-state index in [1.807, 2.05) is 48.5 Å². The number of ether oxygens (including phenoxy) is 2. The average Bonchev–Trinajstić information content (AvgIpc) is 2.50. The molecule has 0 aliphatic heterocycles. The van der Waals surface area contributed by atoms with Crippen molar-refractivity contribution < 1.29 is 14.3 Å². The molecule has 4 heteroatoms. The first-order valence-electron chi connectivity index (χ1n) is 5.67. The fourth-order valence-electron chi connectivity index (χ4n) is 1.21. The highest BCUT2D eigenvalue weighted by Gasteiger charge is 1.86. The summed E-state index contributed by atoms with van der Waals surface area (Å²) in [7, 11) is 1.66. The van der Waals surface area contributed by atoms with Crippen molar-refractivity contribution in [2.75, 3.05) is 13.8 Å². The number of carbonyl (C=O) groups excluding carboxylic acids is 1. The molecule has 0 saturated carbocycles. The third-order valence-corrected chi connectivity index (χ3v) is 2.08. The van der Waals surface area contributed by atoms with Gasteiger partial charge in [0.25, 0.3) is 0 Å². The third-order valence-electron chi connectivity index (χ3n) is 2.08. The predicted molar refractivity (Wildman–Crippen MR) is 73.1 cm³/mol. The summed E-state index contributed by atoms with van der Waals surface area (Å²) in [5, 5.41) is 0. The van der Waals surface area contributed by atoms with E-state index in [4.69, 9.17) is 9.47 Å². The fourth-order valence-corrected chi connectivity index (χ4v) is 1.21. The maximum absolute atomic E-state index is 9.62. The van der Waals surface area contributed by atoms with Crippen molar-refractivity contribution >= 4 is 6.08 Å². The molecule has 2 aromatic carbocycles. The Morgan fingerprint density at radius 2 is 1.47 bits per heavy atom. The van der Waals surface area contributed by atoms with Gasteiger partial charge < -0.3 is 9.47 Å². The second-order valence-electron chi connectivity index (χ2n) is 3.35. The molecule has 0 aliphatic carbocycles. The molecular weight excluding hydrogens is 242 g/mol. The number of hydrogen-bond acceptors (Lipinski definition) is 4. The molecule has 0 radical (unpaired) electrons. The summed E-state index contributed by atoms with van der Waals surface area (Å²) in [4.78, 5) is 12.9. The van der Waals surface area contributed by atoms with Crippen LogP contribution in [0.25, 0.3) is 0 Å². The van der Waals surface area contributed by atoms with Crippen LogP contribution in [0.4, 0.5) is 0 Å². The van der Waals surface area contributed by atoms with Crippen molar-refractivity contribution in [1.82, 2.24) is 0 Å². The molecule has 2 aromatic rings. The van der Waals surface area contributed by atoms with Crippen LogP contribution >= 0.6 is 0 Å². The van der Waals surface area contributed by atoms with Crippen LogP contribution in [0, 0.1) is 0 Å². The number of aliphatic imine (C=N–C) groups is 1. The molecular formula is C15H15NO3. The molecule has 19 heavy (non-hydrogen) atoms. The van der Waals surface area contributed by atoms with Gasteiger partial charge in [-0.05, 0) is 24.3 Å². The van der Waals surface area contributed by atoms with Gasteiger partial charge in [-0.2, -0.15) is 4.99 Å². The first-order valence-corrected chi connectivity index (χ1v) is 5.67. The minimum Gasteiger partial charge on any atom is -0.497 e. The van der Waals surface area contributed by atoms with E-state index in [1.54, 1.807) is 19.2 Å². The molecule has 0 aromatic heterocycles. The summed E-state index contributed by atoms with van der Waals surface area (Å²) in [6.07, 6.45) is 1.39. The number of nitrogens with zero attached hydrogens (tertiary/aromatic N) is 1. The second-order valence-corrected chi connectivity index (χ2v) is 3.35. The van der Waals surface area contributed by atoms with Crippen LogP contribution in [0.1, 0.15) is 0 Å². The molecule has 2 rings (SSSR count). The smallest absolute Gasteiger partial charge is 0.238 e. The standard InChI is InChI=1S/C8H7NO2.C7H8O/c10-6-9-7-11-8-4-2-1-3-5-8;1-8-7-5-3-2-4-6-7/h1-5H,7H2;2-6H,1H3. The van der Waals surface area contributed by atoms with Crippen molar-refractivity contribution in [3.8, 4) is 11.5 Å². The SMILES string of the molecule is COc1ccccc1.O=C=NCOc1ccccc1. The lowest BCUT2D eigenvalue weighted by Gasteiger charge is -1.98. The summed E-state index contributed by atoms with van der Waals surface area (Å²) in [5.41, 5.74) is 0. The van der Waals surface area contributed by atoms with E-state index in [0.717, 1.165) is 5.75 Å². The topological polar surface area (TPSA) is 47.9 Å². The molecule has 98 valence electrons. The van der Waals surface area contributed by atoms with E-state index in [9.17, 15) is 4.79 Å². The van der Waals surface area contributed by atoms with E-state index >= 15 is 0 Å². The number of benzene rings is 2. The van der Waals surface area contributed by atoms with E-state index in [1.165, 1.54) is 6.08 Å². The number of isocyanates is 1. The van der Waals surface area contributed by atoms with Crippen molar-refractivity contribution in [2.24, 2.45) is 4.99 Å². The minimum atomic E-state index is 0.0352. The Balaban J connectivity index is 0.000000200. The highest BCUT2D eigenvalue weighted by Crippen LogP contribution is 2.07. The minimum absolute atomic E-state index is 0.0352. The Labute approximate surface area is 112 Å². The van der Waals surface area contributed by atoms with Gasteiger partial charge in [-0.3, -0.25) is 0 Å². The zero-order chi connectivity index (χ0) is 13.8. The van der Waals surface area contributed by atoms with Crippen LogP contribution in [0.3, 0.4) is 0 Å². The summed E-state index contributed by atoms with van der Waals surface area (Å²) in [6.45, 7) is 0.0352. The summed E-state index contributed by atoms with van der Waals surface area (Å²) in [5.74, 6) is 1.61. The lowest BCUT2D eigenvalue weighted by Crippen LogP contribution is -1.91.